The zero-order valence-corrected chi connectivity index (χ0v) is 40.7. The van der Waals surface area contributed by atoms with Crippen LogP contribution in [0.2, 0.25) is 15.1 Å². The summed E-state index contributed by atoms with van der Waals surface area (Å²) < 4.78 is 131. The summed E-state index contributed by atoms with van der Waals surface area (Å²) >= 11 is 17.3. The van der Waals surface area contributed by atoms with Gasteiger partial charge in [0.1, 0.15) is 19.6 Å². The SMILES string of the molecule is COC(=O)Cn1nc(-c2ccc(Cl)cc2)n(CC(O)C(F)(F)F)c1=O.COC(=O)Cn1nc(-c2ccc(Cl)cc2)n(C[C@@H](O)C(F)(F)F)c1=O.COC(=O)Cn1nc(-c2ccc(Cl)cc2)n(C[C@H](O)C(F)(F)F)c1=O. The molecule has 3 N–H and O–H groups in total. The molecule has 0 saturated carbocycles. The van der Waals surface area contributed by atoms with E-state index in [9.17, 15) is 83.6 Å². The number of hydrogen-bond acceptors (Lipinski definition) is 15. The van der Waals surface area contributed by atoms with Gasteiger partial charge >= 0.3 is 53.5 Å². The summed E-state index contributed by atoms with van der Waals surface area (Å²) in [6, 6.07) is 17.5. The van der Waals surface area contributed by atoms with Crippen LogP contribution in [-0.2, 0) is 67.9 Å². The van der Waals surface area contributed by atoms with Gasteiger partial charge in [0, 0.05) is 31.8 Å². The van der Waals surface area contributed by atoms with Crippen molar-refractivity contribution in [2.45, 2.75) is 76.1 Å². The number of ether oxygens (including phenoxy) is 3. The van der Waals surface area contributed by atoms with Crippen LogP contribution in [0.25, 0.3) is 34.2 Å². The summed E-state index contributed by atoms with van der Waals surface area (Å²) in [6.45, 7) is -4.94. The number of rotatable bonds is 15. The molecule has 0 bridgehead atoms. The molecule has 3 atom stereocenters. The first-order chi connectivity index (χ1) is 34.9. The van der Waals surface area contributed by atoms with Crippen molar-refractivity contribution in [3.05, 3.63) is 119 Å². The second-order valence-corrected chi connectivity index (χ2v) is 16.4. The lowest BCUT2D eigenvalue weighted by Gasteiger charge is -2.15. The van der Waals surface area contributed by atoms with Crippen molar-refractivity contribution in [3.8, 4) is 34.2 Å². The predicted octanol–water partition coefficient (Wildman–Crippen LogP) is 4.38. The van der Waals surface area contributed by atoms with Crippen molar-refractivity contribution in [2.75, 3.05) is 21.3 Å². The maximum Gasteiger partial charge on any atom is 0.416 e. The van der Waals surface area contributed by atoms with Gasteiger partial charge in [-0.1, -0.05) is 34.8 Å². The Morgan fingerprint density at radius 3 is 0.827 bits per heavy atom. The predicted molar refractivity (Wildman–Crippen MR) is 243 cm³/mol. The van der Waals surface area contributed by atoms with Gasteiger partial charge < -0.3 is 29.5 Å². The molecule has 6 rings (SSSR count). The molecule has 6 aromatic rings. The van der Waals surface area contributed by atoms with Gasteiger partial charge in [-0.25, -0.2) is 28.4 Å². The van der Waals surface area contributed by atoms with Crippen LogP contribution in [0, 0.1) is 0 Å². The molecule has 33 heteroatoms. The molecule has 0 spiro atoms. The van der Waals surface area contributed by atoms with E-state index < -0.39 is 111 Å². The molecular weight excluding hydrogens is 1100 g/mol. The Morgan fingerprint density at radius 1 is 0.453 bits per heavy atom. The highest BCUT2D eigenvalue weighted by Crippen LogP contribution is 2.27. The van der Waals surface area contributed by atoms with Gasteiger partial charge in [-0.15, -0.1) is 15.3 Å². The van der Waals surface area contributed by atoms with Gasteiger partial charge in [0.25, 0.3) is 0 Å². The summed E-state index contributed by atoms with van der Waals surface area (Å²) in [5, 5.41) is 40.6. The van der Waals surface area contributed by atoms with Crippen molar-refractivity contribution >= 4 is 52.7 Å². The first-order valence-electron chi connectivity index (χ1n) is 20.7. The van der Waals surface area contributed by atoms with Crippen LogP contribution in [0.3, 0.4) is 0 Å². The summed E-state index contributed by atoms with van der Waals surface area (Å²) in [6.07, 6.45) is -23.1. The second kappa shape index (κ2) is 25.5. The van der Waals surface area contributed by atoms with E-state index in [0.717, 1.165) is 21.3 Å². The van der Waals surface area contributed by atoms with Crippen LogP contribution < -0.4 is 17.1 Å². The monoisotopic (exact) mass is 1140 g/mol. The van der Waals surface area contributed by atoms with E-state index in [0.29, 0.717) is 59.5 Å². The van der Waals surface area contributed by atoms with Crippen molar-refractivity contribution in [3.63, 3.8) is 0 Å². The fourth-order valence-corrected chi connectivity index (χ4v) is 6.33. The van der Waals surface area contributed by atoms with E-state index >= 15 is 0 Å². The van der Waals surface area contributed by atoms with E-state index in [4.69, 9.17) is 34.8 Å². The smallest absolute Gasteiger partial charge is 0.416 e. The number of alkyl halides is 9. The first kappa shape index (κ1) is 60.6. The van der Waals surface area contributed by atoms with Gasteiger partial charge in [-0.05, 0) is 72.8 Å². The number of benzene rings is 3. The molecule has 0 radical (unpaired) electrons. The second-order valence-electron chi connectivity index (χ2n) is 15.0. The molecule has 3 heterocycles. The van der Waals surface area contributed by atoms with E-state index in [1.807, 2.05) is 0 Å². The highest BCUT2D eigenvalue weighted by Gasteiger charge is 2.41. The molecule has 75 heavy (non-hydrogen) atoms. The van der Waals surface area contributed by atoms with Gasteiger partial charge in [0.05, 0.1) is 41.0 Å². The zero-order valence-electron chi connectivity index (χ0n) is 38.5. The lowest BCUT2D eigenvalue weighted by molar-refractivity contribution is -0.207. The van der Waals surface area contributed by atoms with Crippen LogP contribution in [0.5, 0.6) is 0 Å². The minimum atomic E-state index is -4.92. The summed E-state index contributed by atoms with van der Waals surface area (Å²) in [5.41, 5.74) is -2.09. The molecule has 1 unspecified atom stereocenters. The third-order valence-electron chi connectivity index (χ3n) is 9.80. The number of esters is 3. The first-order valence-corrected chi connectivity index (χ1v) is 21.8. The number of nitrogens with zero attached hydrogens (tertiary/aromatic N) is 9. The van der Waals surface area contributed by atoms with Crippen molar-refractivity contribution in [1.29, 1.82) is 0 Å². The van der Waals surface area contributed by atoms with Gasteiger partial charge in [0.15, 0.2) is 35.8 Å². The molecule has 0 fully saturated rings. The van der Waals surface area contributed by atoms with Gasteiger partial charge in [0.2, 0.25) is 0 Å². The van der Waals surface area contributed by atoms with E-state index in [2.05, 4.69) is 29.5 Å². The average molecular weight is 1140 g/mol. The molecule has 0 saturated heterocycles. The third-order valence-corrected chi connectivity index (χ3v) is 10.6. The molecule has 0 aliphatic carbocycles. The molecule has 0 aliphatic rings. The number of carbonyl (C=O) groups is 3. The normalized spacial score (nSPS) is 12.9. The summed E-state index contributed by atoms with van der Waals surface area (Å²) in [7, 11) is 3.29. The molecule has 21 nitrogen and oxygen atoms in total. The molecule has 3 aromatic carbocycles. The number of aromatic nitrogens is 9. The largest absolute Gasteiger partial charge is 0.468 e. The average Bonchev–Trinajstić information content (AvgIpc) is 3.93. The number of aliphatic hydroxyl groups is 3. The van der Waals surface area contributed by atoms with Gasteiger partial charge in [-0.3, -0.25) is 28.1 Å². The number of halogens is 12. The van der Waals surface area contributed by atoms with E-state index in [1.54, 1.807) is 0 Å². The Labute approximate surface area is 429 Å². The van der Waals surface area contributed by atoms with Crippen molar-refractivity contribution < 1.29 is 83.4 Å². The lowest BCUT2D eigenvalue weighted by atomic mass is 10.2. The van der Waals surface area contributed by atoms with Crippen LogP contribution in [0.1, 0.15) is 0 Å². The lowest BCUT2D eigenvalue weighted by Crippen LogP contribution is -2.37. The van der Waals surface area contributed by atoms with E-state index in [1.165, 1.54) is 72.8 Å². The minimum Gasteiger partial charge on any atom is -0.468 e. The molecule has 0 aliphatic heterocycles. The van der Waals surface area contributed by atoms with Crippen LogP contribution >= 0.6 is 34.8 Å². The van der Waals surface area contributed by atoms with Crippen molar-refractivity contribution in [2.24, 2.45) is 0 Å². The molecule has 408 valence electrons. The Kier molecular flexibility index (Phi) is 20.6. The van der Waals surface area contributed by atoms with Crippen LogP contribution in [0.15, 0.2) is 87.2 Å². The highest BCUT2D eigenvalue weighted by atomic mass is 35.5. The molecule has 0 amide bonds. The quantitative estimate of drug-likeness (QED) is 0.0732. The van der Waals surface area contributed by atoms with Crippen LogP contribution in [0.4, 0.5) is 39.5 Å². The fraction of sp³-hybridized carbons (Fsp3) is 0.357. The Morgan fingerprint density at radius 2 is 0.653 bits per heavy atom. The topological polar surface area (TPSA) is 259 Å². The Balaban J connectivity index is 0.000000243. The third kappa shape index (κ3) is 16.5. The molecular formula is C42H39Cl3F9N9O12. The van der Waals surface area contributed by atoms with E-state index in [-0.39, 0.29) is 17.5 Å². The van der Waals surface area contributed by atoms with Gasteiger partial charge in [-0.2, -0.15) is 39.5 Å². The van der Waals surface area contributed by atoms with Crippen molar-refractivity contribution in [1.82, 2.24) is 43.0 Å². The number of methoxy groups -OCH3 is 3. The number of hydrogen-bond donors (Lipinski definition) is 3. The minimum absolute atomic E-state index is 0.145. The zero-order chi connectivity index (χ0) is 56.3. The molecule has 3 aromatic heterocycles. The fourth-order valence-electron chi connectivity index (χ4n) is 5.95. The summed E-state index contributed by atoms with van der Waals surface area (Å²) in [5.74, 6) is -2.83. The number of carbonyl (C=O) groups excluding carboxylic acids is 3. The maximum absolute atomic E-state index is 12.6. The highest BCUT2D eigenvalue weighted by molar-refractivity contribution is 6.31. The Hall–Kier alpha value is -6.99. The summed E-state index contributed by atoms with van der Waals surface area (Å²) in [4.78, 5) is 70.9. The standard InChI is InChI=1S/3C14H13ClF3N3O4/c3*1-25-11(23)7-21-13(24)20(6-10(22)14(16,17)18)12(19-21)8-2-4-9(15)5-3-8/h3*2-5,10,22H,6-7H2,1H3/t2*10-;/m10./s1. The Bertz CT molecular complexity index is 2770. The maximum atomic E-state index is 12.6. The van der Waals surface area contributed by atoms with Crippen LogP contribution in [-0.4, -0.2) is 134 Å². The number of aliphatic hydroxyl groups excluding tert-OH is 3.